The molecule has 0 spiro atoms. The fraction of sp³-hybridized carbons (Fsp3) is 0.111. The van der Waals surface area contributed by atoms with E-state index < -0.39 is 11.9 Å². The Kier molecular flexibility index (Phi) is 4.53. The Bertz CT molecular complexity index is 883. The second-order valence-electron chi connectivity index (χ2n) is 5.02. The van der Waals surface area contributed by atoms with Gasteiger partial charge in [-0.25, -0.2) is 4.79 Å². The molecule has 0 unspecified atom stereocenters. The smallest absolute Gasteiger partial charge is 0.339 e. The highest BCUT2D eigenvalue weighted by Crippen LogP contribution is 2.24. The summed E-state index contributed by atoms with van der Waals surface area (Å²) in [6, 6.07) is 13.6. The number of halogens is 1. The number of carbonyl (C=O) groups is 2. The molecule has 1 heterocycles. The van der Waals surface area contributed by atoms with Crippen molar-refractivity contribution in [2.75, 3.05) is 11.9 Å². The Labute approximate surface area is 143 Å². The average Bonchev–Trinajstić information content (AvgIpc) is 2.99. The molecule has 24 heavy (non-hydrogen) atoms. The molecule has 1 N–H and O–H groups in total. The van der Waals surface area contributed by atoms with E-state index in [4.69, 9.17) is 20.8 Å². The molecule has 5 nitrogen and oxygen atoms in total. The van der Waals surface area contributed by atoms with E-state index in [9.17, 15) is 9.59 Å². The molecule has 6 heteroatoms. The van der Waals surface area contributed by atoms with Gasteiger partial charge in [0, 0.05) is 11.1 Å². The highest BCUT2D eigenvalue weighted by molar-refractivity contribution is 6.34. The van der Waals surface area contributed by atoms with E-state index in [-0.39, 0.29) is 23.0 Å². The Morgan fingerprint density at radius 3 is 2.67 bits per heavy atom. The maximum atomic E-state index is 12.3. The molecule has 0 saturated carbocycles. The largest absolute Gasteiger partial charge is 0.462 e. The van der Waals surface area contributed by atoms with Crippen molar-refractivity contribution < 1.29 is 18.7 Å². The number of nitrogens with one attached hydrogen (secondary N) is 1. The van der Waals surface area contributed by atoms with Crippen molar-refractivity contribution in [3.05, 3.63) is 64.9 Å². The van der Waals surface area contributed by atoms with E-state index in [0.29, 0.717) is 11.3 Å². The van der Waals surface area contributed by atoms with Crippen LogP contribution in [0, 0.1) is 0 Å². The molecule has 0 bridgehead atoms. The third-order valence-electron chi connectivity index (χ3n) is 3.37. The van der Waals surface area contributed by atoms with Crippen molar-refractivity contribution in [1.29, 1.82) is 0 Å². The van der Waals surface area contributed by atoms with E-state index in [1.165, 1.54) is 12.1 Å². The van der Waals surface area contributed by atoms with Crippen molar-refractivity contribution in [1.82, 2.24) is 0 Å². The van der Waals surface area contributed by atoms with E-state index in [2.05, 4.69) is 5.32 Å². The van der Waals surface area contributed by atoms with Crippen LogP contribution >= 0.6 is 11.6 Å². The van der Waals surface area contributed by atoms with Crippen LogP contribution in [0.4, 0.5) is 5.69 Å². The van der Waals surface area contributed by atoms with Gasteiger partial charge in [0.05, 0.1) is 17.2 Å². The Morgan fingerprint density at radius 2 is 1.96 bits per heavy atom. The fourth-order valence-corrected chi connectivity index (χ4v) is 2.51. The Morgan fingerprint density at radius 1 is 1.17 bits per heavy atom. The summed E-state index contributed by atoms with van der Waals surface area (Å²) in [7, 11) is 0. The van der Waals surface area contributed by atoms with Crippen molar-refractivity contribution in [3.63, 3.8) is 0 Å². The number of hydrogen-bond donors (Lipinski definition) is 1. The van der Waals surface area contributed by atoms with Crippen molar-refractivity contribution in [2.24, 2.45) is 0 Å². The molecule has 1 aromatic heterocycles. The first-order valence-corrected chi connectivity index (χ1v) is 7.73. The molecular formula is C18H14ClNO4. The Hall–Kier alpha value is -2.79. The molecule has 0 aliphatic rings. The molecule has 0 aliphatic carbocycles. The van der Waals surface area contributed by atoms with Crippen LogP contribution in [0.2, 0.25) is 5.02 Å². The zero-order valence-electron chi connectivity index (χ0n) is 12.8. The average molecular weight is 344 g/mol. The topological polar surface area (TPSA) is 68.5 Å². The SMILES string of the molecule is CCOC(=O)c1ccc(NC(=O)c2cc3ccccc3o2)cc1Cl. The zero-order valence-corrected chi connectivity index (χ0v) is 13.6. The van der Waals surface area contributed by atoms with Crippen LogP contribution in [0.5, 0.6) is 0 Å². The van der Waals surface area contributed by atoms with E-state index in [1.54, 1.807) is 25.1 Å². The number of carbonyl (C=O) groups excluding carboxylic acids is 2. The summed E-state index contributed by atoms with van der Waals surface area (Å²) in [6.45, 7) is 1.98. The van der Waals surface area contributed by atoms with Gasteiger partial charge < -0.3 is 14.5 Å². The minimum atomic E-state index is -0.502. The number of fused-ring (bicyclic) bond motifs is 1. The van der Waals surface area contributed by atoms with Crippen LogP contribution in [-0.2, 0) is 4.74 Å². The van der Waals surface area contributed by atoms with E-state index in [1.807, 2.05) is 18.2 Å². The maximum Gasteiger partial charge on any atom is 0.339 e. The van der Waals surface area contributed by atoms with Crippen LogP contribution in [0.1, 0.15) is 27.8 Å². The highest BCUT2D eigenvalue weighted by atomic mass is 35.5. The number of furan rings is 1. The number of hydrogen-bond acceptors (Lipinski definition) is 4. The van der Waals surface area contributed by atoms with Crippen molar-refractivity contribution >= 4 is 40.1 Å². The second kappa shape index (κ2) is 6.76. The summed E-state index contributed by atoms with van der Waals surface area (Å²) < 4.78 is 10.4. The third-order valence-corrected chi connectivity index (χ3v) is 3.68. The van der Waals surface area contributed by atoms with Gasteiger partial charge in [0.2, 0.25) is 0 Å². The van der Waals surface area contributed by atoms with Crippen molar-refractivity contribution in [3.8, 4) is 0 Å². The minimum Gasteiger partial charge on any atom is -0.462 e. The number of ether oxygens (including phenoxy) is 1. The maximum absolute atomic E-state index is 12.3. The van der Waals surface area contributed by atoms with Crippen LogP contribution in [-0.4, -0.2) is 18.5 Å². The van der Waals surface area contributed by atoms with Crippen LogP contribution < -0.4 is 5.32 Å². The van der Waals surface area contributed by atoms with Gasteiger partial charge in [-0.3, -0.25) is 4.79 Å². The van der Waals surface area contributed by atoms with E-state index in [0.717, 1.165) is 5.39 Å². The molecule has 0 atom stereocenters. The van der Waals surface area contributed by atoms with Crippen LogP contribution in [0.25, 0.3) is 11.0 Å². The van der Waals surface area contributed by atoms with Gasteiger partial charge in [-0.05, 0) is 37.3 Å². The predicted octanol–water partition coefficient (Wildman–Crippen LogP) is 4.52. The lowest BCUT2D eigenvalue weighted by Gasteiger charge is -2.07. The Balaban J connectivity index is 1.79. The predicted molar refractivity (Wildman–Crippen MR) is 91.6 cm³/mol. The standard InChI is InChI=1S/C18H14ClNO4/c1-2-23-18(22)13-8-7-12(10-14(13)19)20-17(21)16-9-11-5-3-4-6-15(11)24-16/h3-10H,2H2,1H3,(H,20,21). The number of anilines is 1. The first-order valence-electron chi connectivity index (χ1n) is 7.35. The number of para-hydroxylation sites is 1. The summed E-state index contributed by atoms with van der Waals surface area (Å²) in [5.41, 5.74) is 1.34. The zero-order chi connectivity index (χ0) is 17.1. The molecule has 122 valence electrons. The lowest BCUT2D eigenvalue weighted by atomic mass is 10.2. The molecule has 3 rings (SSSR count). The van der Waals surface area contributed by atoms with Crippen molar-refractivity contribution in [2.45, 2.75) is 6.92 Å². The summed E-state index contributed by atoms with van der Waals surface area (Å²) >= 11 is 6.08. The third kappa shape index (κ3) is 3.26. The van der Waals surface area contributed by atoms with Gasteiger partial charge in [-0.15, -0.1) is 0 Å². The monoisotopic (exact) mass is 343 g/mol. The first kappa shape index (κ1) is 16.1. The molecule has 0 radical (unpaired) electrons. The number of amides is 1. The first-order chi connectivity index (χ1) is 11.6. The molecule has 2 aromatic carbocycles. The van der Waals surface area contributed by atoms with Gasteiger partial charge >= 0.3 is 5.97 Å². The quantitative estimate of drug-likeness (QED) is 0.707. The molecule has 0 saturated heterocycles. The summed E-state index contributed by atoms with van der Waals surface area (Å²) in [4.78, 5) is 24.0. The fourth-order valence-electron chi connectivity index (χ4n) is 2.25. The van der Waals surface area contributed by atoms with Crippen LogP contribution in [0.3, 0.4) is 0 Å². The summed E-state index contributed by atoms with van der Waals surface area (Å²) in [5, 5.41) is 3.74. The molecule has 0 aliphatic heterocycles. The number of rotatable bonds is 4. The number of esters is 1. The van der Waals surface area contributed by atoms with Gasteiger partial charge in [-0.2, -0.15) is 0 Å². The lowest BCUT2D eigenvalue weighted by Crippen LogP contribution is -2.11. The lowest BCUT2D eigenvalue weighted by molar-refractivity contribution is 0.0526. The minimum absolute atomic E-state index is 0.196. The van der Waals surface area contributed by atoms with Gasteiger partial charge in [0.25, 0.3) is 5.91 Å². The normalized spacial score (nSPS) is 10.6. The molecule has 3 aromatic rings. The molecule has 0 fully saturated rings. The molecular weight excluding hydrogens is 330 g/mol. The highest BCUT2D eigenvalue weighted by Gasteiger charge is 2.15. The molecule has 1 amide bonds. The van der Waals surface area contributed by atoms with Gasteiger partial charge in [-0.1, -0.05) is 29.8 Å². The summed E-state index contributed by atoms with van der Waals surface area (Å²) in [6.07, 6.45) is 0. The summed E-state index contributed by atoms with van der Waals surface area (Å²) in [5.74, 6) is -0.703. The van der Waals surface area contributed by atoms with Gasteiger partial charge in [0.1, 0.15) is 5.58 Å². The number of benzene rings is 2. The van der Waals surface area contributed by atoms with Gasteiger partial charge in [0.15, 0.2) is 5.76 Å². The van der Waals surface area contributed by atoms with E-state index >= 15 is 0 Å². The second-order valence-corrected chi connectivity index (χ2v) is 5.42. The van der Waals surface area contributed by atoms with Crippen LogP contribution in [0.15, 0.2) is 52.9 Å².